The van der Waals surface area contributed by atoms with Gasteiger partial charge >= 0.3 is 0 Å². The zero-order valence-corrected chi connectivity index (χ0v) is 19.0. The van der Waals surface area contributed by atoms with Crippen LogP contribution in [0.4, 0.5) is 0 Å². The van der Waals surface area contributed by atoms with Crippen molar-refractivity contribution in [1.29, 1.82) is 0 Å². The summed E-state index contributed by atoms with van der Waals surface area (Å²) in [5.41, 5.74) is 1.82. The van der Waals surface area contributed by atoms with Gasteiger partial charge in [0.1, 0.15) is 5.76 Å². The van der Waals surface area contributed by atoms with Gasteiger partial charge < -0.3 is 23.9 Å². The summed E-state index contributed by atoms with van der Waals surface area (Å²) in [5.74, 6) is 2.97. The van der Waals surface area contributed by atoms with Crippen LogP contribution in [0.25, 0.3) is 21.0 Å². The molecule has 166 valence electrons. The molecule has 1 N–H and O–H groups in total. The number of benzene rings is 2. The molecule has 0 atom stereocenters. The second-order valence-corrected chi connectivity index (χ2v) is 8.05. The smallest absolute Gasteiger partial charge is 0.220 e. The number of methoxy groups -OCH3 is 3. The summed E-state index contributed by atoms with van der Waals surface area (Å²) in [6, 6.07) is 15.4. The van der Waals surface area contributed by atoms with Crippen LogP contribution in [0.3, 0.4) is 0 Å². The van der Waals surface area contributed by atoms with E-state index in [1.807, 2.05) is 42.5 Å². The molecule has 4 rings (SSSR count). The molecule has 0 aliphatic heterocycles. The van der Waals surface area contributed by atoms with Gasteiger partial charge in [0.05, 0.1) is 38.1 Å². The van der Waals surface area contributed by atoms with Crippen LogP contribution >= 0.6 is 11.3 Å². The minimum absolute atomic E-state index is 0.0835. The van der Waals surface area contributed by atoms with Crippen LogP contribution in [0.1, 0.15) is 17.7 Å². The number of nitrogens with zero attached hydrogens (tertiary/aromatic N) is 1. The van der Waals surface area contributed by atoms with E-state index in [0.717, 1.165) is 20.8 Å². The lowest BCUT2D eigenvalue weighted by atomic mass is 10.1. The Balaban J connectivity index is 1.35. The highest BCUT2D eigenvalue weighted by Gasteiger charge is 2.17. The number of para-hydroxylation sites is 1. The number of aryl methyl sites for hydroxylation is 1. The number of carbonyl (C=O) groups excluding carboxylic acids is 1. The van der Waals surface area contributed by atoms with Crippen molar-refractivity contribution < 1.29 is 23.4 Å². The number of carbonyl (C=O) groups is 1. The molecule has 8 heteroatoms. The normalized spacial score (nSPS) is 10.8. The Kier molecular flexibility index (Phi) is 6.61. The molecule has 0 fully saturated rings. The lowest BCUT2D eigenvalue weighted by molar-refractivity contribution is -0.121. The van der Waals surface area contributed by atoms with Gasteiger partial charge in [-0.05, 0) is 42.3 Å². The minimum atomic E-state index is -0.0835. The van der Waals surface area contributed by atoms with E-state index in [4.69, 9.17) is 18.6 Å². The van der Waals surface area contributed by atoms with Gasteiger partial charge in [0.25, 0.3) is 0 Å². The minimum Gasteiger partial charge on any atom is -0.493 e. The number of ether oxygens (including phenoxy) is 3. The number of nitrogens with one attached hydrogen (secondary N) is 1. The van der Waals surface area contributed by atoms with Crippen LogP contribution < -0.4 is 19.5 Å². The summed E-state index contributed by atoms with van der Waals surface area (Å²) in [6.07, 6.45) is 0.807. The predicted octanol–water partition coefficient (Wildman–Crippen LogP) is 4.83. The molecule has 2 aromatic carbocycles. The molecule has 4 aromatic rings. The van der Waals surface area contributed by atoms with Gasteiger partial charge in [0.2, 0.25) is 11.7 Å². The van der Waals surface area contributed by atoms with Gasteiger partial charge in [-0.3, -0.25) is 4.79 Å². The standard InChI is InChI=1S/C24H24N2O5S/c1-28-18-11-8-15(22(29-2)23(18)30-3)9-13-21(27)25-14-16-10-12-19(31-16)24-26-17-6-4-5-7-20(17)32-24/h4-8,10-12H,9,13-14H2,1-3H3,(H,25,27). The maximum Gasteiger partial charge on any atom is 0.220 e. The second kappa shape index (κ2) is 9.74. The molecule has 0 saturated carbocycles. The molecule has 0 spiro atoms. The Morgan fingerprint density at radius 3 is 2.56 bits per heavy atom. The van der Waals surface area contributed by atoms with E-state index in [2.05, 4.69) is 10.3 Å². The Morgan fingerprint density at radius 2 is 1.81 bits per heavy atom. The van der Waals surface area contributed by atoms with Crippen LogP contribution in [-0.4, -0.2) is 32.2 Å². The Hall–Kier alpha value is -3.52. The quantitative estimate of drug-likeness (QED) is 0.392. The summed E-state index contributed by atoms with van der Waals surface area (Å²) in [4.78, 5) is 17.0. The van der Waals surface area contributed by atoms with E-state index in [1.54, 1.807) is 38.7 Å². The van der Waals surface area contributed by atoms with Gasteiger partial charge in [-0.1, -0.05) is 18.2 Å². The topological polar surface area (TPSA) is 82.8 Å². The van der Waals surface area contributed by atoms with Gasteiger partial charge in [-0.2, -0.15) is 0 Å². The average Bonchev–Trinajstić information content (AvgIpc) is 3.47. The molecule has 2 aromatic heterocycles. The van der Waals surface area contributed by atoms with E-state index < -0.39 is 0 Å². The molecular weight excluding hydrogens is 428 g/mol. The zero-order chi connectivity index (χ0) is 22.5. The number of aromatic nitrogens is 1. The third kappa shape index (κ3) is 4.55. The molecule has 0 saturated heterocycles. The second-order valence-electron chi connectivity index (χ2n) is 7.02. The van der Waals surface area contributed by atoms with E-state index >= 15 is 0 Å². The maximum atomic E-state index is 12.4. The lowest BCUT2D eigenvalue weighted by Crippen LogP contribution is -2.22. The molecular formula is C24H24N2O5S. The van der Waals surface area contributed by atoms with Crippen molar-refractivity contribution in [3.63, 3.8) is 0 Å². The first kappa shape index (κ1) is 21.7. The van der Waals surface area contributed by atoms with Crippen molar-refractivity contribution in [2.45, 2.75) is 19.4 Å². The number of fused-ring (bicyclic) bond motifs is 1. The summed E-state index contributed by atoms with van der Waals surface area (Å²) < 4.78 is 23.2. The first-order valence-electron chi connectivity index (χ1n) is 10.1. The van der Waals surface area contributed by atoms with Crippen molar-refractivity contribution in [2.75, 3.05) is 21.3 Å². The predicted molar refractivity (Wildman–Crippen MR) is 124 cm³/mol. The SMILES string of the molecule is COc1ccc(CCC(=O)NCc2ccc(-c3nc4ccccc4s3)o2)c(OC)c1OC. The Bertz CT molecular complexity index is 1200. The van der Waals surface area contributed by atoms with E-state index in [-0.39, 0.29) is 5.91 Å². The fourth-order valence-corrected chi connectivity index (χ4v) is 4.38. The fraction of sp³-hybridized carbons (Fsp3) is 0.250. The zero-order valence-electron chi connectivity index (χ0n) is 18.1. The third-order valence-corrected chi connectivity index (χ3v) is 6.08. The highest BCUT2D eigenvalue weighted by atomic mass is 32.1. The van der Waals surface area contributed by atoms with Crippen molar-refractivity contribution in [2.24, 2.45) is 0 Å². The Labute approximate surface area is 189 Å². The summed E-state index contributed by atoms with van der Waals surface area (Å²) in [6.45, 7) is 0.312. The average molecular weight is 453 g/mol. The van der Waals surface area contributed by atoms with Crippen LogP contribution in [-0.2, 0) is 17.8 Å². The Morgan fingerprint density at radius 1 is 1.00 bits per heavy atom. The molecule has 0 radical (unpaired) electrons. The monoisotopic (exact) mass is 452 g/mol. The van der Waals surface area contributed by atoms with E-state index in [0.29, 0.717) is 48.2 Å². The van der Waals surface area contributed by atoms with Crippen molar-refractivity contribution in [1.82, 2.24) is 10.3 Å². The summed E-state index contributed by atoms with van der Waals surface area (Å²) in [5, 5.41) is 3.73. The molecule has 7 nitrogen and oxygen atoms in total. The van der Waals surface area contributed by atoms with Crippen molar-refractivity contribution in [3.8, 4) is 28.0 Å². The van der Waals surface area contributed by atoms with Gasteiger partial charge in [0, 0.05) is 6.42 Å². The van der Waals surface area contributed by atoms with Crippen LogP contribution in [0.15, 0.2) is 52.9 Å². The van der Waals surface area contributed by atoms with Gasteiger partial charge in [-0.15, -0.1) is 11.3 Å². The van der Waals surface area contributed by atoms with Gasteiger partial charge in [0.15, 0.2) is 22.3 Å². The molecule has 0 aliphatic rings. The maximum absolute atomic E-state index is 12.4. The van der Waals surface area contributed by atoms with Crippen LogP contribution in [0.5, 0.6) is 17.2 Å². The highest BCUT2D eigenvalue weighted by molar-refractivity contribution is 7.21. The summed E-state index contributed by atoms with van der Waals surface area (Å²) >= 11 is 1.58. The van der Waals surface area contributed by atoms with Crippen molar-refractivity contribution in [3.05, 3.63) is 59.9 Å². The number of amides is 1. The largest absolute Gasteiger partial charge is 0.493 e. The molecule has 0 aliphatic carbocycles. The lowest BCUT2D eigenvalue weighted by Gasteiger charge is -2.15. The molecule has 0 unspecified atom stereocenters. The summed E-state index contributed by atoms with van der Waals surface area (Å²) in [7, 11) is 4.70. The molecule has 1 amide bonds. The van der Waals surface area contributed by atoms with E-state index in [1.165, 1.54) is 0 Å². The number of thiazole rings is 1. The van der Waals surface area contributed by atoms with Crippen LogP contribution in [0.2, 0.25) is 0 Å². The first-order valence-corrected chi connectivity index (χ1v) is 10.9. The number of hydrogen-bond acceptors (Lipinski definition) is 7. The number of hydrogen-bond donors (Lipinski definition) is 1. The van der Waals surface area contributed by atoms with Gasteiger partial charge in [-0.25, -0.2) is 4.98 Å². The number of rotatable bonds is 9. The number of furan rings is 1. The molecule has 2 heterocycles. The molecule has 0 bridgehead atoms. The van der Waals surface area contributed by atoms with Crippen LogP contribution in [0, 0.1) is 0 Å². The fourth-order valence-electron chi connectivity index (χ4n) is 3.45. The van der Waals surface area contributed by atoms with Crippen molar-refractivity contribution >= 4 is 27.5 Å². The first-order chi connectivity index (χ1) is 15.6. The molecule has 32 heavy (non-hydrogen) atoms. The third-order valence-electron chi connectivity index (χ3n) is 5.03. The highest BCUT2D eigenvalue weighted by Crippen LogP contribution is 2.40. The van der Waals surface area contributed by atoms with E-state index in [9.17, 15) is 4.79 Å².